The lowest BCUT2D eigenvalue weighted by Crippen LogP contribution is -2.14. The van der Waals surface area contributed by atoms with Crippen LogP contribution in [0.1, 0.15) is 50.8 Å². The van der Waals surface area contributed by atoms with E-state index in [2.05, 4.69) is 5.32 Å². The van der Waals surface area contributed by atoms with Crippen molar-refractivity contribution in [3.05, 3.63) is 59.2 Å². The zero-order chi connectivity index (χ0) is 18.7. The fraction of sp³-hybridized carbons (Fsp3) is 0.250. The van der Waals surface area contributed by atoms with E-state index in [1.54, 1.807) is 18.2 Å². The van der Waals surface area contributed by atoms with Gasteiger partial charge in [-0.1, -0.05) is 6.07 Å². The molecular formula is C20H19NO5. The predicted octanol–water partition coefficient (Wildman–Crippen LogP) is 3.63. The second kappa shape index (κ2) is 7.39. The molecule has 1 saturated carbocycles. The summed E-state index contributed by atoms with van der Waals surface area (Å²) >= 11 is 0. The average molecular weight is 353 g/mol. The van der Waals surface area contributed by atoms with Crippen LogP contribution in [0.5, 0.6) is 5.75 Å². The Kier molecular flexibility index (Phi) is 5.02. The highest BCUT2D eigenvalue weighted by molar-refractivity contribution is 6.07. The number of rotatable bonds is 7. The summed E-state index contributed by atoms with van der Waals surface area (Å²) in [4.78, 5) is 35.2. The van der Waals surface area contributed by atoms with Crippen molar-refractivity contribution < 1.29 is 24.2 Å². The number of carbonyl (C=O) groups excluding carboxylic acids is 2. The lowest BCUT2D eigenvalue weighted by molar-refractivity contribution is 0.0696. The summed E-state index contributed by atoms with van der Waals surface area (Å²) < 4.78 is 5.77. The minimum absolute atomic E-state index is 0.0281. The highest BCUT2D eigenvalue weighted by atomic mass is 16.5. The maximum absolute atomic E-state index is 12.5. The van der Waals surface area contributed by atoms with Gasteiger partial charge in [-0.25, -0.2) is 4.79 Å². The highest BCUT2D eigenvalue weighted by Crippen LogP contribution is 2.32. The molecule has 1 fully saturated rings. The Morgan fingerprint density at radius 3 is 2.46 bits per heavy atom. The van der Waals surface area contributed by atoms with Gasteiger partial charge in [0.1, 0.15) is 5.75 Å². The van der Waals surface area contributed by atoms with E-state index in [0.29, 0.717) is 29.5 Å². The smallest absolute Gasteiger partial charge is 0.335 e. The zero-order valence-electron chi connectivity index (χ0n) is 14.3. The number of amides is 1. The lowest BCUT2D eigenvalue weighted by atomic mass is 10.1. The van der Waals surface area contributed by atoms with Crippen LogP contribution in [0.3, 0.4) is 0 Å². The third kappa shape index (κ3) is 4.27. The fourth-order valence-corrected chi connectivity index (χ4v) is 2.45. The summed E-state index contributed by atoms with van der Waals surface area (Å²) in [6.07, 6.45) is 2.27. The number of hydrogen-bond donors (Lipinski definition) is 2. The Hall–Kier alpha value is -3.15. The molecular weight excluding hydrogens is 334 g/mol. The largest absolute Gasteiger partial charge is 0.491 e. The second-order valence-corrected chi connectivity index (χ2v) is 6.36. The summed E-state index contributed by atoms with van der Waals surface area (Å²) in [6, 6.07) is 10.7. The van der Waals surface area contributed by atoms with Gasteiger partial charge in [-0.05, 0) is 62.1 Å². The van der Waals surface area contributed by atoms with Crippen molar-refractivity contribution in [2.75, 3.05) is 11.9 Å². The van der Waals surface area contributed by atoms with E-state index < -0.39 is 11.9 Å². The molecule has 0 spiro atoms. The number of Topliss-reactive ketones (excluding diaryl/α,β-unsaturated/α-hetero) is 1. The molecule has 0 atom stereocenters. The van der Waals surface area contributed by atoms with Gasteiger partial charge in [0.05, 0.1) is 17.9 Å². The van der Waals surface area contributed by atoms with Crippen LogP contribution in [0.25, 0.3) is 0 Å². The van der Waals surface area contributed by atoms with Gasteiger partial charge in [0, 0.05) is 11.1 Å². The first-order valence-corrected chi connectivity index (χ1v) is 8.36. The number of carboxylic acids is 1. The maximum atomic E-state index is 12.5. The molecule has 26 heavy (non-hydrogen) atoms. The van der Waals surface area contributed by atoms with Gasteiger partial charge >= 0.3 is 5.97 Å². The molecule has 2 aromatic carbocycles. The monoisotopic (exact) mass is 353 g/mol. The molecule has 0 heterocycles. The second-order valence-electron chi connectivity index (χ2n) is 6.36. The van der Waals surface area contributed by atoms with Crippen LogP contribution in [0, 0.1) is 5.92 Å². The highest BCUT2D eigenvalue weighted by Gasteiger charge is 2.23. The Balaban J connectivity index is 1.84. The predicted molar refractivity (Wildman–Crippen MR) is 96.0 cm³/mol. The fourth-order valence-electron chi connectivity index (χ4n) is 2.45. The first-order valence-electron chi connectivity index (χ1n) is 8.36. The van der Waals surface area contributed by atoms with Gasteiger partial charge in [-0.15, -0.1) is 0 Å². The Morgan fingerprint density at radius 1 is 1.08 bits per heavy atom. The van der Waals surface area contributed by atoms with E-state index in [1.165, 1.54) is 31.2 Å². The first kappa shape index (κ1) is 17.7. The lowest BCUT2D eigenvalue weighted by Gasteiger charge is -2.14. The standard InChI is InChI=1S/C20H19NO5/c1-12(22)14-7-8-18(26-11-13-5-6-13)17(10-14)21-19(23)15-3-2-4-16(9-15)20(24)25/h2-4,7-10,13H,5-6,11H2,1H3,(H,21,23)(H,24,25). The van der Waals surface area contributed by atoms with Crippen LogP contribution in [0.2, 0.25) is 0 Å². The van der Waals surface area contributed by atoms with Crippen LogP contribution in [-0.2, 0) is 0 Å². The molecule has 6 heteroatoms. The van der Waals surface area contributed by atoms with E-state index >= 15 is 0 Å². The minimum atomic E-state index is -1.10. The van der Waals surface area contributed by atoms with Crippen molar-refractivity contribution in [3.63, 3.8) is 0 Å². The minimum Gasteiger partial charge on any atom is -0.491 e. The van der Waals surface area contributed by atoms with Crippen LogP contribution >= 0.6 is 0 Å². The topological polar surface area (TPSA) is 92.7 Å². The molecule has 0 aliphatic heterocycles. The molecule has 6 nitrogen and oxygen atoms in total. The number of ether oxygens (including phenoxy) is 1. The third-order valence-electron chi connectivity index (χ3n) is 4.18. The van der Waals surface area contributed by atoms with Crippen molar-refractivity contribution in [3.8, 4) is 5.75 Å². The molecule has 0 saturated heterocycles. The van der Waals surface area contributed by atoms with Crippen LogP contribution in [-0.4, -0.2) is 29.4 Å². The summed E-state index contributed by atoms with van der Waals surface area (Å²) in [5.41, 5.74) is 1.09. The van der Waals surface area contributed by atoms with E-state index in [0.717, 1.165) is 12.8 Å². The molecule has 3 rings (SSSR count). The number of ketones is 1. The van der Waals surface area contributed by atoms with Crippen LogP contribution in [0.4, 0.5) is 5.69 Å². The molecule has 2 N–H and O–H groups in total. The van der Waals surface area contributed by atoms with E-state index in [9.17, 15) is 14.4 Å². The molecule has 1 amide bonds. The summed E-state index contributed by atoms with van der Waals surface area (Å²) in [6.45, 7) is 2.01. The van der Waals surface area contributed by atoms with Crippen molar-refractivity contribution in [1.29, 1.82) is 0 Å². The Morgan fingerprint density at radius 2 is 1.81 bits per heavy atom. The number of nitrogens with one attached hydrogen (secondary N) is 1. The first-order chi connectivity index (χ1) is 12.4. The molecule has 134 valence electrons. The molecule has 1 aliphatic carbocycles. The van der Waals surface area contributed by atoms with Gasteiger partial charge in [0.15, 0.2) is 5.78 Å². The molecule has 0 radical (unpaired) electrons. The van der Waals surface area contributed by atoms with Crippen molar-refractivity contribution in [2.45, 2.75) is 19.8 Å². The van der Waals surface area contributed by atoms with Crippen LogP contribution in [0.15, 0.2) is 42.5 Å². The van der Waals surface area contributed by atoms with Gasteiger partial charge in [-0.3, -0.25) is 9.59 Å². The van der Waals surface area contributed by atoms with Gasteiger partial charge in [-0.2, -0.15) is 0 Å². The molecule has 0 bridgehead atoms. The summed E-state index contributed by atoms with van der Waals surface area (Å²) in [5.74, 6) is -0.665. The van der Waals surface area contributed by atoms with E-state index in [-0.39, 0.29) is 16.9 Å². The molecule has 0 aromatic heterocycles. The molecule has 2 aromatic rings. The summed E-state index contributed by atoms with van der Waals surface area (Å²) in [7, 11) is 0. The van der Waals surface area contributed by atoms with Crippen molar-refractivity contribution in [2.24, 2.45) is 5.92 Å². The zero-order valence-corrected chi connectivity index (χ0v) is 14.3. The number of carboxylic acid groups (broad SMARTS) is 1. The van der Waals surface area contributed by atoms with Crippen molar-refractivity contribution >= 4 is 23.3 Å². The SMILES string of the molecule is CC(=O)c1ccc(OCC2CC2)c(NC(=O)c2cccc(C(=O)O)c2)c1. The van der Waals surface area contributed by atoms with E-state index in [1.807, 2.05) is 0 Å². The maximum Gasteiger partial charge on any atom is 0.335 e. The third-order valence-corrected chi connectivity index (χ3v) is 4.18. The summed E-state index contributed by atoms with van der Waals surface area (Å²) in [5, 5.41) is 11.8. The Labute approximate surface area is 150 Å². The average Bonchev–Trinajstić information content (AvgIpc) is 3.45. The van der Waals surface area contributed by atoms with Crippen molar-refractivity contribution in [1.82, 2.24) is 0 Å². The number of carbonyl (C=O) groups is 3. The van der Waals surface area contributed by atoms with E-state index in [4.69, 9.17) is 9.84 Å². The number of benzene rings is 2. The quantitative estimate of drug-likeness (QED) is 0.742. The molecule has 1 aliphatic rings. The number of aromatic carboxylic acids is 1. The van der Waals surface area contributed by atoms with Gasteiger partial charge in [0.25, 0.3) is 5.91 Å². The Bertz CT molecular complexity index is 870. The van der Waals surface area contributed by atoms with Gasteiger partial charge < -0.3 is 15.2 Å². The number of hydrogen-bond acceptors (Lipinski definition) is 4. The van der Waals surface area contributed by atoms with Crippen LogP contribution < -0.4 is 10.1 Å². The normalized spacial score (nSPS) is 13.1. The number of anilines is 1. The van der Waals surface area contributed by atoms with Gasteiger partial charge in [0.2, 0.25) is 0 Å². The molecule has 0 unspecified atom stereocenters.